The van der Waals surface area contributed by atoms with E-state index in [2.05, 4.69) is 41.4 Å². The van der Waals surface area contributed by atoms with Crippen molar-refractivity contribution in [2.75, 3.05) is 37.7 Å². The highest BCUT2D eigenvalue weighted by molar-refractivity contribution is 6.42. The van der Waals surface area contributed by atoms with Crippen molar-refractivity contribution in [1.29, 1.82) is 0 Å². The number of aryl methyl sites for hydroxylation is 1. The van der Waals surface area contributed by atoms with Gasteiger partial charge in [0, 0.05) is 32.2 Å². The first-order chi connectivity index (χ1) is 19.2. The van der Waals surface area contributed by atoms with E-state index in [9.17, 15) is 9.59 Å². The van der Waals surface area contributed by atoms with Crippen LogP contribution in [0.2, 0.25) is 10.0 Å². The maximum absolute atomic E-state index is 13.0. The third-order valence-corrected chi connectivity index (χ3v) is 9.00. The van der Waals surface area contributed by atoms with E-state index < -0.39 is 5.60 Å². The largest absolute Gasteiger partial charge is 0.359 e. The highest BCUT2D eigenvalue weighted by Crippen LogP contribution is 2.39. The van der Waals surface area contributed by atoms with Crippen molar-refractivity contribution in [3.63, 3.8) is 0 Å². The zero-order valence-corrected chi connectivity index (χ0v) is 24.5. The molecule has 8 heteroatoms. The quantitative estimate of drug-likeness (QED) is 0.368. The normalized spacial score (nSPS) is 21.3. The second-order valence-electron chi connectivity index (χ2n) is 10.9. The monoisotopic (exact) mass is 579 g/mol. The molecule has 3 aromatic carbocycles. The average molecular weight is 581 g/mol. The molecule has 2 aliphatic rings. The average Bonchev–Trinajstić information content (AvgIpc) is 2.95. The molecular formula is C32H35Cl2N3O3. The molecule has 2 heterocycles. The first-order valence-electron chi connectivity index (χ1n) is 13.7. The molecule has 0 bridgehead atoms. The molecule has 40 heavy (non-hydrogen) atoms. The molecule has 1 atom stereocenters. The van der Waals surface area contributed by atoms with Gasteiger partial charge in [-0.05, 0) is 61.6 Å². The third-order valence-electron chi connectivity index (χ3n) is 8.26. The minimum Gasteiger partial charge on any atom is -0.359 e. The Morgan fingerprint density at radius 1 is 0.950 bits per heavy atom. The molecule has 0 aromatic heterocycles. The van der Waals surface area contributed by atoms with Crippen LogP contribution in [0, 0.1) is 6.92 Å². The van der Waals surface area contributed by atoms with Crippen molar-refractivity contribution in [1.82, 2.24) is 10.2 Å². The first-order valence-corrected chi connectivity index (χ1v) is 14.5. The number of carbonyl (C=O) groups is 2. The lowest BCUT2D eigenvalue weighted by atomic mass is 9.80. The number of piperidine rings is 1. The van der Waals surface area contributed by atoms with Crippen LogP contribution >= 0.6 is 23.2 Å². The van der Waals surface area contributed by atoms with Gasteiger partial charge in [-0.2, -0.15) is 0 Å². The zero-order chi connectivity index (χ0) is 28.3. The van der Waals surface area contributed by atoms with Gasteiger partial charge in [0.05, 0.1) is 22.1 Å². The number of morpholine rings is 1. The second kappa shape index (κ2) is 11.9. The fraction of sp³-hybridized carbons (Fsp3) is 0.375. The Labute approximate surface area is 246 Å². The van der Waals surface area contributed by atoms with E-state index in [0.717, 1.165) is 49.3 Å². The van der Waals surface area contributed by atoms with Crippen molar-refractivity contribution in [2.24, 2.45) is 0 Å². The number of amides is 2. The fourth-order valence-electron chi connectivity index (χ4n) is 5.95. The highest BCUT2D eigenvalue weighted by Gasteiger charge is 2.43. The van der Waals surface area contributed by atoms with Crippen LogP contribution in [0.4, 0.5) is 5.69 Å². The van der Waals surface area contributed by atoms with Crippen LogP contribution in [0.3, 0.4) is 0 Å². The van der Waals surface area contributed by atoms with Crippen LogP contribution in [0.5, 0.6) is 0 Å². The lowest BCUT2D eigenvalue weighted by molar-refractivity contribution is -0.141. The van der Waals surface area contributed by atoms with E-state index in [1.807, 2.05) is 42.5 Å². The Morgan fingerprint density at radius 2 is 1.62 bits per heavy atom. The maximum atomic E-state index is 13.0. The molecule has 0 radical (unpaired) electrons. The Bertz CT molecular complexity index is 1360. The smallest absolute Gasteiger partial charge is 0.253 e. The third kappa shape index (κ3) is 6.06. The van der Waals surface area contributed by atoms with E-state index in [-0.39, 0.29) is 24.0 Å². The number of halogens is 2. The van der Waals surface area contributed by atoms with Gasteiger partial charge >= 0.3 is 0 Å². The van der Waals surface area contributed by atoms with Crippen molar-refractivity contribution in [2.45, 2.75) is 44.2 Å². The molecule has 210 valence electrons. The number of anilines is 1. The zero-order valence-electron chi connectivity index (χ0n) is 23.0. The van der Waals surface area contributed by atoms with Crippen molar-refractivity contribution < 1.29 is 14.3 Å². The molecule has 2 saturated heterocycles. The van der Waals surface area contributed by atoms with Crippen LogP contribution in [0.15, 0.2) is 72.8 Å². The molecule has 0 spiro atoms. The van der Waals surface area contributed by atoms with E-state index in [0.29, 0.717) is 23.0 Å². The van der Waals surface area contributed by atoms with Crippen molar-refractivity contribution in [3.8, 4) is 0 Å². The summed E-state index contributed by atoms with van der Waals surface area (Å²) < 4.78 is 6.40. The highest BCUT2D eigenvalue weighted by atomic mass is 35.5. The Morgan fingerprint density at radius 3 is 2.27 bits per heavy atom. The molecule has 3 aromatic rings. The summed E-state index contributed by atoms with van der Waals surface area (Å²) in [4.78, 5) is 29.4. The summed E-state index contributed by atoms with van der Waals surface area (Å²) in [5, 5.41) is 4.21. The number of carbonyl (C=O) groups excluding carboxylic acids is 2. The van der Waals surface area contributed by atoms with E-state index in [4.69, 9.17) is 27.9 Å². The van der Waals surface area contributed by atoms with Crippen LogP contribution < -0.4 is 10.2 Å². The summed E-state index contributed by atoms with van der Waals surface area (Å²) in [6.07, 6.45) is 2.29. The Kier molecular flexibility index (Phi) is 8.52. The summed E-state index contributed by atoms with van der Waals surface area (Å²) in [5.74, 6) is -0.0908. The van der Waals surface area contributed by atoms with Crippen molar-refractivity contribution in [3.05, 3.63) is 99.5 Å². The van der Waals surface area contributed by atoms with Gasteiger partial charge < -0.3 is 19.9 Å². The summed E-state index contributed by atoms with van der Waals surface area (Å²) >= 11 is 12.7. The van der Waals surface area contributed by atoms with Crippen molar-refractivity contribution >= 4 is 40.7 Å². The van der Waals surface area contributed by atoms with Gasteiger partial charge in [-0.3, -0.25) is 9.59 Å². The van der Waals surface area contributed by atoms with Crippen LogP contribution in [-0.4, -0.2) is 49.5 Å². The SMILES string of the molecule is CC(=O)NC1(c2ccc(C)cc2)CCN(CCC2(c3ccc(Cl)c(Cl)c3)CN(c3ccccc3)C(=O)CO2)CC1. The Balaban J connectivity index is 1.36. The maximum Gasteiger partial charge on any atom is 0.253 e. The van der Waals surface area contributed by atoms with Crippen LogP contribution in [-0.2, 0) is 25.5 Å². The molecule has 2 aliphatic heterocycles. The van der Waals surface area contributed by atoms with Gasteiger partial charge in [0.2, 0.25) is 5.91 Å². The van der Waals surface area contributed by atoms with Gasteiger partial charge in [0.1, 0.15) is 12.2 Å². The summed E-state index contributed by atoms with van der Waals surface area (Å²) in [7, 11) is 0. The molecular weight excluding hydrogens is 545 g/mol. The van der Waals surface area contributed by atoms with E-state index in [1.165, 1.54) is 5.56 Å². The summed E-state index contributed by atoms with van der Waals surface area (Å²) in [5.41, 5.74) is 2.96. The second-order valence-corrected chi connectivity index (χ2v) is 11.8. The lowest BCUT2D eigenvalue weighted by Crippen LogP contribution is -2.55. The lowest BCUT2D eigenvalue weighted by Gasteiger charge is -2.46. The molecule has 1 N–H and O–H groups in total. The van der Waals surface area contributed by atoms with Gasteiger partial charge in [-0.1, -0.05) is 77.3 Å². The molecule has 0 aliphatic carbocycles. The number of nitrogens with one attached hydrogen (secondary N) is 1. The molecule has 2 amide bonds. The Hall–Kier alpha value is -2.90. The first kappa shape index (κ1) is 28.6. The number of ether oxygens (including phenoxy) is 1. The van der Waals surface area contributed by atoms with Crippen LogP contribution in [0.1, 0.15) is 42.9 Å². The number of para-hydroxylation sites is 1. The van der Waals surface area contributed by atoms with Gasteiger partial charge in [-0.25, -0.2) is 0 Å². The molecule has 1 unspecified atom stereocenters. The molecule has 2 fully saturated rings. The number of nitrogens with zero attached hydrogens (tertiary/aromatic N) is 2. The number of benzene rings is 3. The van der Waals surface area contributed by atoms with Gasteiger partial charge in [0.15, 0.2) is 0 Å². The summed E-state index contributed by atoms with van der Waals surface area (Å²) in [6, 6.07) is 23.8. The van der Waals surface area contributed by atoms with E-state index in [1.54, 1.807) is 17.9 Å². The number of rotatable bonds is 7. The van der Waals surface area contributed by atoms with E-state index >= 15 is 0 Å². The van der Waals surface area contributed by atoms with Gasteiger partial charge in [-0.15, -0.1) is 0 Å². The predicted molar refractivity (Wildman–Crippen MR) is 160 cm³/mol. The molecule has 6 nitrogen and oxygen atoms in total. The number of hydrogen-bond acceptors (Lipinski definition) is 4. The minimum atomic E-state index is -0.749. The standard InChI is InChI=1S/C32H35Cl2N3O3/c1-23-8-10-25(11-9-23)31(35-24(2)38)14-17-36(18-15-31)19-16-32(26-12-13-28(33)29(34)20-26)22-37(30(39)21-40-32)27-6-4-3-5-7-27/h3-13,20H,14-19,21-22H2,1-2H3,(H,35,38). The molecule has 0 saturated carbocycles. The summed E-state index contributed by atoms with van der Waals surface area (Å²) in [6.45, 7) is 6.43. The number of hydrogen-bond donors (Lipinski definition) is 1. The predicted octanol–water partition coefficient (Wildman–Crippen LogP) is 6.08. The van der Waals surface area contributed by atoms with Gasteiger partial charge in [0.25, 0.3) is 5.91 Å². The van der Waals surface area contributed by atoms with Crippen LogP contribution in [0.25, 0.3) is 0 Å². The fourth-order valence-corrected chi connectivity index (χ4v) is 6.25. The molecule has 5 rings (SSSR count). The number of likely N-dealkylation sites (tertiary alicyclic amines) is 1. The minimum absolute atomic E-state index is 0.0196. The topological polar surface area (TPSA) is 61.9 Å².